The minimum absolute atomic E-state index is 0. The molecular formula is C5H6NiO4S2. The van der Waals surface area contributed by atoms with Gasteiger partial charge in [-0.25, -0.2) is 0 Å². The second-order valence-corrected chi connectivity index (χ2v) is 3.90. The molecule has 7 heteroatoms. The zero-order valence-electron chi connectivity index (χ0n) is 5.89. The van der Waals surface area contributed by atoms with Crippen LogP contribution in [-0.2, 0) is 26.1 Å². The van der Waals surface area contributed by atoms with Crippen molar-refractivity contribution in [2.75, 3.05) is 16.6 Å². The fourth-order valence-electron chi connectivity index (χ4n) is 0.309. The molecule has 0 radical (unpaired) electrons. The Morgan fingerprint density at radius 2 is 1.33 bits per heavy atom. The molecule has 72 valence electrons. The molecule has 0 aliphatic rings. The van der Waals surface area contributed by atoms with Crippen molar-refractivity contribution in [2.45, 2.75) is 0 Å². The van der Waals surface area contributed by atoms with Gasteiger partial charge < -0.3 is 19.8 Å². The van der Waals surface area contributed by atoms with Crippen molar-refractivity contribution < 1.29 is 36.3 Å². The molecule has 0 saturated carbocycles. The van der Waals surface area contributed by atoms with Crippen LogP contribution in [0.2, 0.25) is 0 Å². The van der Waals surface area contributed by atoms with Gasteiger partial charge in [0, 0.05) is 16.6 Å². The molecule has 0 N–H and O–H groups in total. The van der Waals surface area contributed by atoms with Crippen molar-refractivity contribution in [1.29, 1.82) is 0 Å². The summed E-state index contributed by atoms with van der Waals surface area (Å²) < 4.78 is 0. The Hall–Kier alpha value is 0.134. The van der Waals surface area contributed by atoms with Crippen LogP contribution in [0.15, 0.2) is 0 Å². The van der Waals surface area contributed by atoms with Crippen molar-refractivity contribution in [1.82, 2.24) is 0 Å². The number of carboxylic acids is 2. The summed E-state index contributed by atoms with van der Waals surface area (Å²) in [6.07, 6.45) is 0. The van der Waals surface area contributed by atoms with E-state index in [9.17, 15) is 19.8 Å². The van der Waals surface area contributed by atoms with Gasteiger partial charge in [0.2, 0.25) is 0 Å². The van der Waals surface area contributed by atoms with Gasteiger partial charge >= 0.3 is 16.5 Å². The Morgan fingerprint density at radius 3 is 1.58 bits per heavy atom. The Labute approximate surface area is 88.4 Å². The van der Waals surface area contributed by atoms with E-state index in [4.69, 9.17) is 0 Å². The summed E-state index contributed by atoms with van der Waals surface area (Å²) in [6.45, 7) is 0. The van der Waals surface area contributed by atoms with Crippen LogP contribution in [0.5, 0.6) is 0 Å². The average Bonchev–Trinajstić information content (AvgIpc) is 1.85. The molecule has 0 heterocycles. The molecule has 0 fully saturated rings. The van der Waals surface area contributed by atoms with Crippen LogP contribution in [0.1, 0.15) is 0 Å². The van der Waals surface area contributed by atoms with Crippen molar-refractivity contribution >= 4 is 35.5 Å². The summed E-state index contributed by atoms with van der Waals surface area (Å²) in [5, 5.41) is 20.1. The maximum Gasteiger partial charge on any atom is 2.00 e. The van der Waals surface area contributed by atoms with E-state index in [0.717, 1.165) is 23.5 Å². The van der Waals surface area contributed by atoms with E-state index in [1.54, 1.807) is 0 Å². The Balaban J connectivity index is 0. The van der Waals surface area contributed by atoms with Gasteiger partial charge in [-0.05, 0) is 0 Å². The molecule has 0 aromatic rings. The quantitative estimate of drug-likeness (QED) is 0.306. The third-order valence-electron chi connectivity index (χ3n) is 0.606. The van der Waals surface area contributed by atoms with Gasteiger partial charge in [0.25, 0.3) is 0 Å². The van der Waals surface area contributed by atoms with E-state index >= 15 is 0 Å². The third-order valence-corrected chi connectivity index (χ3v) is 2.82. The number of carbonyl (C=O) groups excluding carboxylic acids is 2. The number of hydrogen-bond donors (Lipinski definition) is 0. The normalized spacial score (nSPS) is 8.67. The summed E-state index contributed by atoms with van der Waals surface area (Å²) in [5.74, 6) is -2.46. The Bertz CT molecular complexity index is 136. The fraction of sp³-hybridized carbons (Fsp3) is 0.600. The van der Waals surface area contributed by atoms with Crippen LogP contribution in [0.25, 0.3) is 0 Å². The molecule has 0 spiro atoms. The van der Waals surface area contributed by atoms with Crippen LogP contribution in [-0.4, -0.2) is 28.5 Å². The van der Waals surface area contributed by atoms with Crippen molar-refractivity contribution in [3.63, 3.8) is 0 Å². The molecule has 0 unspecified atom stereocenters. The van der Waals surface area contributed by atoms with E-state index < -0.39 is 11.9 Å². The number of hydrogen-bond acceptors (Lipinski definition) is 6. The molecule has 0 atom stereocenters. The summed E-state index contributed by atoms with van der Waals surface area (Å²) >= 11 is 2.23. The van der Waals surface area contributed by atoms with E-state index in [-0.39, 0.29) is 28.0 Å². The van der Waals surface area contributed by atoms with E-state index in [2.05, 4.69) is 0 Å². The monoisotopic (exact) mass is 252 g/mol. The van der Waals surface area contributed by atoms with Gasteiger partial charge in [0.05, 0.1) is 11.9 Å². The SMILES string of the molecule is O=C([O-])CSCSCC(=O)[O-].[Ni+2]. The largest absolute Gasteiger partial charge is 2.00 e. The van der Waals surface area contributed by atoms with Crippen molar-refractivity contribution in [2.24, 2.45) is 0 Å². The zero-order valence-corrected chi connectivity index (χ0v) is 8.51. The first-order valence-corrected chi connectivity index (χ1v) is 4.99. The first-order chi connectivity index (χ1) is 5.13. The molecular weight excluding hydrogens is 247 g/mol. The Kier molecular flexibility index (Phi) is 11.3. The number of thioether (sulfide) groups is 2. The van der Waals surface area contributed by atoms with Gasteiger partial charge in [0.15, 0.2) is 0 Å². The minimum Gasteiger partial charge on any atom is -0.549 e. The molecule has 0 aromatic carbocycles. The van der Waals surface area contributed by atoms with Gasteiger partial charge in [-0.2, -0.15) is 0 Å². The topological polar surface area (TPSA) is 80.3 Å². The van der Waals surface area contributed by atoms with E-state index in [1.165, 1.54) is 0 Å². The molecule has 0 rings (SSSR count). The number of aliphatic carboxylic acids is 2. The second-order valence-electron chi connectivity index (χ2n) is 1.56. The molecule has 4 nitrogen and oxygen atoms in total. The number of carbonyl (C=O) groups is 2. The maximum absolute atomic E-state index is 9.83. The second kappa shape index (κ2) is 9.22. The number of rotatable bonds is 6. The predicted molar refractivity (Wildman–Crippen MR) is 39.8 cm³/mol. The fourth-order valence-corrected chi connectivity index (χ4v) is 1.78. The predicted octanol–water partition coefficient (Wildman–Crippen LogP) is -2.09. The van der Waals surface area contributed by atoms with Crippen molar-refractivity contribution in [3.8, 4) is 0 Å². The van der Waals surface area contributed by atoms with Gasteiger partial charge in [-0.1, -0.05) is 0 Å². The molecule has 0 bridgehead atoms. The maximum atomic E-state index is 9.83. The van der Waals surface area contributed by atoms with Crippen molar-refractivity contribution in [3.05, 3.63) is 0 Å². The standard InChI is InChI=1S/C5H8O4S2.Ni/c6-4(7)1-10-3-11-2-5(8)9;/h1-3H2,(H,6,7)(H,8,9);/q;+2/p-2. The molecule has 0 saturated heterocycles. The average molecular weight is 253 g/mol. The van der Waals surface area contributed by atoms with Crippen LogP contribution in [0.3, 0.4) is 0 Å². The van der Waals surface area contributed by atoms with Gasteiger partial charge in [-0.3, -0.25) is 0 Å². The summed E-state index contributed by atoms with van der Waals surface area (Å²) in [6, 6.07) is 0. The van der Waals surface area contributed by atoms with Gasteiger partial charge in [-0.15, -0.1) is 23.5 Å². The molecule has 0 aliphatic heterocycles. The minimum atomic E-state index is -1.14. The third kappa shape index (κ3) is 12.8. The summed E-state index contributed by atoms with van der Waals surface area (Å²) in [7, 11) is 0. The first-order valence-electron chi connectivity index (χ1n) is 2.68. The van der Waals surface area contributed by atoms with Gasteiger partial charge in [0.1, 0.15) is 0 Å². The van der Waals surface area contributed by atoms with Crippen LogP contribution < -0.4 is 10.2 Å². The smallest absolute Gasteiger partial charge is 0.549 e. The summed E-state index contributed by atoms with van der Waals surface area (Å²) in [5.41, 5.74) is 0. The number of carboxylic acid groups (broad SMARTS) is 2. The molecule has 12 heavy (non-hydrogen) atoms. The molecule has 0 amide bonds. The molecule has 0 aromatic heterocycles. The zero-order chi connectivity index (χ0) is 8.69. The van der Waals surface area contributed by atoms with Crippen LogP contribution in [0.4, 0.5) is 0 Å². The van der Waals surface area contributed by atoms with E-state index in [0.29, 0.717) is 5.08 Å². The molecule has 0 aliphatic carbocycles. The van der Waals surface area contributed by atoms with E-state index in [1.807, 2.05) is 0 Å². The first kappa shape index (κ1) is 14.6. The Morgan fingerprint density at radius 1 is 1.00 bits per heavy atom. The van der Waals surface area contributed by atoms with Crippen LogP contribution in [0, 0.1) is 0 Å². The summed E-state index contributed by atoms with van der Waals surface area (Å²) in [4.78, 5) is 19.7. The van der Waals surface area contributed by atoms with Crippen LogP contribution >= 0.6 is 23.5 Å².